The summed E-state index contributed by atoms with van der Waals surface area (Å²) in [6.45, 7) is 2.14. The van der Waals surface area contributed by atoms with E-state index in [0.29, 0.717) is 0 Å². The van der Waals surface area contributed by atoms with E-state index in [-0.39, 0.29) is 12.7 Å². The number of benzene rings is 2. The number of amides is 1. The van der Waals surface area contributed by atoms with Crippen LogP contribution in [0.4, 0.5) is 10.5 Å². The zero-order valence-electron chi connectivity index (χ0n) is 14.8. The molecule has 0 fully saturated rings. The van der Waals surface area contributed by atoms with Crippen molar-refractivity contribution < 1.29 is 19.1 Å². The number of ether oxygens (including phenoxy) is 2. The van der Waals surface area contributed by atoms with Crippen LogP contribution in [-0.4, -0.2) is 25.5 Å². The molecular weight excluding hydrogens is 332 g/mol. The van der Waals surface area contributed by atoms with Gasteiger partial charge in [-0.2, -0.15) is 0 Å². The molecule has 1 heterocycles. The van der Waals surface area contributed by atoms with E-state index in [0.717, 1.165) is 17.0 Å². The lowest BCUT2D eigenvalue weighted by molar-refractivity contribution is 0.0430. The summed E-state index contributed by atoms with van der Waals surface area (Å²) in [5.74, 6) is 0.751. The van der Waals surface area contributed by atoms with E-state index in [9.17, 15) is 4.79 Å². The monoisotopic (exact) mass is 354 g/mol. The number of rotatable bonds is 5. The first-order chi connectivity index (χ1) is 12.7. The van der Waals surface area contributed by atoms with Gasteiger partial charge in [-0.05, 0) is 42.8 Å². The fraction of sp³-hybridized carbons (Fsp3) is 0.250. The van der Waals surface area contributed by atoms with Gasteiger partial charge in [0.2, 0.25) is 0 Å². The van der Waals surface area contributed by atoms with E-state index < -0.39 is 12.3 Å². The second-order valence-electron chi connectivity index (χ2n) is 5.87. The highest BCUT2D eigenvalue weighted by Crippen LogP contribution is 2.24. The molecular formula is C20H22N2O4. The van der Waals surface area contributed by atoms with Crippen LogP contribution < -0.4 is 15.1 Å². The molecule has 6 heteroatoms. The Morgan fingerprint density at radius 2 is 1.85 bits per heavy atom. The molecule has 3 rings (SSSR count). The largest absolute Gasteiger partial charge is 0.497 e. The normalized spacial score (nSPS) is 19.1. The third-order valence-electron chi connectivity index (χ3n) is 3.90. The highest BCUT2D eigenvalue weighted by atomic mass is 16.7. The standard InChI is InChI=1S/C20H22N2O4/c1-15-8-13-19(21-20(23)25-14-16-6-4-3-5-7-16)22(26-15)17-9-11-18(24-2)12-10-17/h3-13,15,19H,14H2,1-2H3,(H,21,23)/t15-,19-/m0/s1. The minimum Gasteiger partial charge on any atom is -0.497 e. The lowest BCUT2D eigenvalue weighted by atomic mass is 10.2. The molecule has 0 aliphatic carbocycles. The predicted octanol–water partition coefficient (Wildman–Crippen LogP) is 3.64. The van der Waals surface area contributed by atoms with E-state index in [2.05, 4.69) is 5.32 Å². The van der Waals surface area contributed by atoms with E-state index in [4.69, 9.17) is 14.3 Å². The van der Waals surface area contributed by atoms with E-state index in [1.807, 2.05) is 73.7 Å². The minimum atomic E-state index is -0.514. The predicted molar refractivity (Wildman–Crippen MR) is 98.7 cm³/mol. The zero-order chi connectivity index (χ0) is 18.4. The molecule has 2 aromatic carbocycles. The average Bonchev–Trinajstić information content (AvgIpc) is 2.69. The number of nitrogens with one attached hydrogen (secondary N) is 1. The van der Waals surface area contributed by atoms with Crippen LogP contribution in [0.1, 0.15) is 12.5 Å². The Kier molecular flexibility index (Phi) is 5.76. The molecule has 2 atom stereocenters. The molecule has 1 aliphatic rings. The Morgan fingerprint density at radius 1 is 1.12 bits per heavy atom. The van der Waals surface area contributed by atoms with Crippen LogP contribution in [0, 0.1) is 0 Å². The first-order valence-corrected chi connectivity index (χ1v) is 8.41. The van der Waals surface area contributed by atoms with E-state index in [1.54, 1.807) is 12.2 Å². The lowest BCUT2D eigenvalue weighted by Gasteiger charge is -2.35. The molecule has 1 aliphatic heterocycles. The Hall–Kier alpha value is -2.99. The van der Waals surface area contributed by atoms with Crippen molar-refractivity contribution in [3.63, 3.8) is 0 Å². The number of hydrogen-bond acceptors (Lipinski definition) is 5. The van der Waals surface area contributed by atoms with Crippen molar-refractivity contribution in [1.82, 2.24) is 5.32 Å². The van der Waals surface area contributed by atoms with Crippen molar-refractivity contribution in [1.29, 1.82) is 0 Å². The molecule has 6 nitrogen and oxygen atoms in total. The summed E-state index contributed by atoms with van der Waals surface area (Å²) in [5.41, 5.74) is 1.73. The molecule has 0 saturated carbocycles. The highest BCUT2D eigenvalue weighted by Gasteiger charge is 2.25. The Morgan fingerprint density at radius 3 is 2.54 bits per heavy atom. The Bertz CT molecular complexity index is 746. The third-order valence-corrected chi connectivity index (χ3v) is 3.90. The second-order valence-corrected chi connectivity index (χ2v) is 5.87. The highest BCUT2D eigenvalue weighted by molar-refractivity contribution is 5.69. The average molecular weight is 354 g/mol. The fourth-order valence-corrected chi connectivity index (χ4v) is 2.56. The van der Waals surface area contributed by atoms with Crippen molar-refractivity contribution in [2.45, 2.75) is 25.8 Å². The van der Waals surface area contributed by atoms with Gasteiger partial charge in [-0.3, -0.25) is 10.2 Å². The molecule has 2 aromatic rings. The van der Waals surface area contributed by atoms with Crippen molar-refractivity contribution in [3.05, 3.63) is 72.3 Å². The van der Waals surface area contributed by atoms with Crippen LogP contribution in [0.15, 0.2) is 66.7 Å². The van der Waals surface area contributed by atoms with Gasteiger partial charge in [-0.15, -0.1) is 0 Å². The molecule has 0 aromatic heterocycles. The first kappa shape index (κ1) is 17.8. The second kappa shape index (κ2) is 8.40. The number of carbonyl (C=O) groups excluding carboxylic acids is 1. The molecule has 26 heavy (non-hydrogen) atoms. The minimum absolute atomic E-state index is 0.101. The van der Waals surface area contributed by atoms with E-state index in [1.165, 1.54) is 0 Å². The first-order valence-electron chi connectivity index (χ1n) is 8.41. The molecule has 1 amide bonds. The fourth-order valence-electron chi connectivity index (χ4n) is 2.56. The van der Waals surface area contributed by atoms with Gasteiger partial charge in [0.1, 0.15) is 24.6 Å². The van der Waals surface area contributed by atoms with Crippen molar-refractivity contribution >= 4 is 11.8 Å². The van der Waals surface area contributed by atoms with Crippen LogP contribution >= 0.6 is 0 Å². The molecule has 1 N–H and O–H groups in total. The molecule has 0 bridgehead atoms. The van der Waals surface area contributed by atoms with Crippen LogP contribution in [0.2, 0.25) is 0 Å². The quantitative estimate of drug-likeness (QED) is 0.831. The number of hydroxylamine groups is 1. The lowest BCUT2D eigenvalue weighted by Crippen LogP contribution is -2.50. The smallest absolute Gasteiger partial charge is 0.409 e. The summed E-state index contributed by atoms with van der Waals surface area (Å²) >= 11 is 0. The van der Waals surface area contributed by atoms with Gasteiger partial charge in [0.25, 0.3) is 0 Å². The van der Waals surface area contributed by atoms with Crippen molar-refractivity contribution in [2.24, 2.45) is 0 Å². The van der Waals surface area contributed by atoms with Gasteiger partial charge in [0, 0.05) is 0 Å². The van der Waals surface area contributed by atoms with Crippen LogP contribution in [0.3, 0.4) is 0 Å². The number of anilines is 1. The van der Waals surface area contributed by atoms with Gasteiger partial charge >= 0.3 is 6.09 Å². The number of alkyl carbamates (subject to hydrolysis) is 1. The maximum absolute atomic E-state index is 12.2. The van der Waals surface area contributed by atoms with Crippen molar-refractivity contribution in [2.75, 3.05) is 12.2 Å². The van der Waals surface area contributed by atoms with Gasteiger partial charge in [-0.1, -0.05) is 36.4 Å². The summed E-state index contributed by atoms with van der Waals surface area (Å²) in [6, 6.07) is 17.0. The third kappa shape index (κ3) is 4.55. The zero-order valence-corrected chi connectivity index (χ0v) is 14.8. The van der Waals surface area contributed by atoms with Crippen molar-refractivity contribution in [3.8, 4) is 5.75 Å². The number of hydrogen-bond donors (Lipinski definition) is 1. The summed E-state index contributed by atoms with van der Waals surface area (Å²) in [4.78, 5) is 18.0. The van der Waals surface area contributed by atoms with E-state index >= 15 is 0 Å². The number of nitrogens with zero attached hydrogens (tertiary/aromatic N) is 1. The number of methoxy groups -OCH3 is 1. The molecule has 0 unspecified atom stereocenters. The van der Waals surface area contributed by atoms with Crippen LogP contribution in [-0.2, 0) is 16.2 Å². The van der Waals surface area contributed by atoms with Gasteiger partial charge in [-0.25, -0.2) is 9.86 Å². The van der Waals surface area contributed by atoms with Crippen LogP contribution in [0.25, 0.3) is 0 Å². The van der Waals surface area contributed by atoms with Gasteiger partial charge in [0.15, 0.2) is 0 Å². The summed E-state index contributed by atoms with van der Waals surface area (Å²) in [7, 11) is 1.62. The number of carbonyl (C=O) groups is 1. The molecule has 136 valence electrons. The topological polar surface area (TPSA) is 60.0 Å². The SMILES string of the molecule is COc1ccc(N2O[C@@H](C)C=C[C@H]2NC(=O)OCc2ccccc2)cc1. The van der Waals surface area contributed by atoms with Gasteiger partial charge in [0.05, 0.1) is 12.8 Å². The Balaban J connectivity index is 1.65. The molecule has 0 spiro atoms. The summed E-state index contributed by atoms with van der Waals surface area (Å²) < 4.78 is 10.5. The Labute approximate surface area is 152 Å². The maximum Gasteiger partial charge on any atom is 0.409 e. The maximum atomic E-state index is 12.2. The molecule has 0 radical (unpaired) electrons. The summed E-state index contributed by atoms with van der Waals surface area (Å²) in [5, 5.41) is 4.46. The van der Waals surface area contributed by atoms with Crippen LogP contribution in [0.5, 0.6) is 5.75 Å². The molecule has 0 saturated heterocycles. The van der Waals surface area contributed by atoms with Gasteiger partial charge < -0.3 is 9.47 Å². The summed E-state index contributed by atoms with van der Waals surface area (Å²) in [6.07, 6.45) is 2.68.